The predicted molar refractivity (Wildman–Crippen MR) is 127 cm³/mol. The summed E-state index contributed by atoms with van der Waals surface area (Å²) in [4.78, 5) is 21.9. The zero-order valence-electron chi connectivity index (χ0n) is 18.8. The molecule has 34 heavy (non-hydrogen) atoms. The molecule has 0 spiro atoms. The quantitative estimate of drug-likeness (QED) is 0.442. The first kappa shape index (κ1) is 23.2. The van der Waals surface area contributed by atoms with Gasteiger partial charge in [-0.3, -0.25) is 10.2 Å². The summed E-state index contributed by atoms with van der Waals surface area (Å²) in [6.07, 6.45) is 3.10. The minimum atomic E-state index is -0.547. The fraction of sp³-hybridized carbons (Fsp3) is 0.208. The van der Waals surface area contributed by atoms with E-state index < -0.39 is 5.91 Å². The molecule has 0 radical (unpaired) electrons. The molecule has 0 saturated heterocycles. The number of fused-ring (bicyclic) bond motifs is 1. The van der Waals surface area contributed by atoms with Crippen molar-refractivity contribution in [2.45, 2.75) is 6.92 Å². The summed E-state index contributed by atoms with van der Waals surface area (Å²) in [5.41, 5.74) is 0.596. The molecule has 0 aromatic heterocycles. The number of hydrogen-bond donors (Lipinski definition) is 1. The normalized spacial score (nSPS) is 16.0. The van der Waals surface area contributed by atoms with E-state index in [2.05, 4.69) is 4.99 Å². The number of methoxy groups -OCH3 is 2. The lowest BCUT2D eigenvalue weighted by atomic mass is 10.1. The zero-order valence-corrected chi connectivity index (χ0v) is 19.5. The van der Waals surface area contributed by atoms with Crippen molar-refractivity contribution in [1.82, 2.24) is 5.06 Å². The highest BCUT2D eigenvalue weighted by Gasteiger charge is 2.34. The number of benzene rings is 2. The van der Waals surface area contributed by atoms with Crippen molar-refractivity contribution in [2.24, 2.45) is 4.99 Å². The SMILES string of the molecule is COc1ccccc1OCCOc1c(Cl)cc(/C=C2/C(=N)N3OC(C)=CC3=NC2=O)cc1OC. The maximum absolute atomic E-state index is 12.5. The van der Waals surface area contributed by atoms with Crippen LogP contribution < -0.4 is 18.9 Å². The Balaban J connectivity index is 1.48. The maximum Gasteiger partial charge on any atom is 0.282 e. The van der Waals surface area contributed by atoms with Crippen LogP contribution in [-0.2, 0) is 9.63 Å². The van der Waals surface area contributed by atoms with Crippen molar-refractivity contribution in [3.05, 3.63) is 64.4 Å². The molecule has 1 N–H and O–H groups in total. The van der Waals surface area contributed by atoms with Gasteiger partial charge in [-0.05, 0) is 42.8 Å². The van der Waals surface area contributed by atoms with E-state index in [1.54, 1.807) is 44.4 Å². The maximum atomic E-state index is 12.5. The number of allylic oxidation sites excluding steroid dienone is 1. The van der Waals surface area contributed by atoms with Crippen molar-refractivity contribution in [3.8, 4) is 23.0 Å². The summed E-state index contributed by atoms with van der Waals surface area (Å²) in [7, 11) is 3.06. The number of halogens is 1. The molecule has 2 aliphatic heterocycles. The number of hydroxylamine groups is 2. The van der Waals surface area contributed by atoms with Gasteiger partial charge in [0, 0.05) is 6.08 Å². The van der Waals surface area contributed by atoms with E-state index in [0.29, 0.717) is 34.3 Å². The first-order chi connectivity index (χ1) is 16.4. The largest absolute Gasteiger partial charge is 0.493 e. The highest BCUT2D eigenvalue weighted by Crippen LogP contribution is 2.37. The zero-order chi connectivity index (χ0) is 24.2. The fourth-order valence-corrected chi connectivity index (χ4v) is 3.64. The number of amides is 1. The van der Waals surface area contributed by atoms with Crippen LogP contribution in [0.5, 0.6) is 23.0 Å². The molecule has 9 nitrogen and oxygen atoms in total. The van der Waals surface area contributed by atoms with Gasteiger partial charge in [0.2, 0.25) is 0 Å². The van der Waals surface area contributed by atoms with Crippen LogP contribution in [0.25, 0.3) is 6.08 Å². The van der Waals surface area contributed by atoms with Gasteiger partial charge in [0.1, 0.15) is 19.0 Å². The Labute approximate surface area is 201 Å². The summed E-state index contributed by atoms with van der Waals surface area (Å²) < 4.78 is 22.2. The lowest BCUT2D eigenvalue weighted by Crippen LogP contribution is -2.38. The molecule has 10 heteroatoms. The summed E-state index contributed by atoms with van der Waals surface area (Å²) in [6.45, 7) is 2.17. The summed E-state index contributed by atoms with van der Waals surface area (Å²) in [5.74, 6) is 2.08. The Morgan fingerprint density at radius 2 is 1.79 bits per heavy atom. The van der Waals surface area contributed by atoms with Crippen LogP contribution in [0.15, 0.2) is 58.8 Å². The van der Waals surface area contributed by atoms with Crippen molar-refractivity contribution in [2.75, 3.05) is 27.4 Å². The number of aliphatic imine (C=N–C) groups is 1. The smallest absolute Gasteiger partial charge is 0.282 e. The van der Waals surface area contributed by atoms with Gasteiger partial charge in [0.15, 0.2) is 34.7 Å². The fourth-order valence-electron chi connectivity index (χ4n) is 3.36. The second-order valence-corrected chi connectivity index (χ2v) is 7.61. The first-order valence-electron chi connectivity index (χ1n) is 10.3. The van der Waals surface area contributed by atoms with E-state index >= 15 is 0 Å². The Morgan fingerprint density at radius 1 is 1.09 bits per heavy atom. The van der Waals surface area contributed by atoms with Crippen molar-refractivity contribution < 1.29 is 28.6 Å². The molecule has 2 aromatic carbocycles. The Hall–Kier alpha value is -3.98. The molecular weight excluding hydrogens is 462 g/mol. The summed E-state index contributed by atoms with van der Waals surface area (Å²) in [5, 5.41) is 9.81. The van der Waals surface area contributed by atoms with E-state index in [9.17, 15) is 4.79 Å². The highest BCUT2D eigenvalue weighted by molar-refractivity contribution is 6.33. The van der Waals surface area contributed by atoms with Gasteiger partial charge in [-0.25, -0.2) is 0 Å². The molecule has 0 bridgehead atoms. The third-order valence-electron chi connectivity index (χ3n) is 4.90. The molecule has 0 atom stereocenters. The van der Waals surface area contributed by atoms with E-state index in [4.69, 9.17) is 40.8 Å². The minimum Gasteiger partial charge on any atom is -0.493 e. The van der Waals surface area contributed by atoms with Crippen molar-refractivity contribution in [1.29, 1.82) is 5.41 Å². The number of hydrogen-bond acceptors (Lipinski definition) is 7. The van der Waals surface area contributed by atoms with Crippen LogP contribution >= 0.6 is 11.6 Å². The van der Waals surface area contributed by atoms with Crippen molar-refractivity contribution >= 4 is 35.3 Å². The van der Waals surface area contributed by atoms with Gasteiger partial charge in [-0.15, -0.1) is 5.06 Å². The van der Waals surface area contributed by atoms with Gasteiger partial charge in [-0.1, -0.05) is 23.7 Å². The number of nitrogens with zero attached hydrogens (tertiary/aromatic N) is 2. The van der Waals surface area contributed by atoms with E-state index in [0.717, 1.165) is 0 Å². The number of carbonyl (C=O) groups excluding carboxylic acids is 1. The average Bonchev–Trinajstić information content (AvgIpc) is 3.20. The van der Waals surface area contributed by atoms with E-state index in [-0.39, 0.29) is 35.5 Å². The molecule has 0 fully saturated rings. The molecule has 0 aliphatic carbocycles. The first-order valence-corrected chi connectivity index (χ1v) is 10.6. The average molecular weight is 484 g/mol. The standard InChI is InChI=1S/C24H22ClN3O6/c1-14-10-21-27-24(29)16(23(26)28(21)34-14)11-15-12-17(25)22(20(13-15)31-3)33-9-8-32-19-7-5-4-6-18(19)30-2/h4-7,10-13,26H,8-9H2,1-3H3/b16-11-,26-23?. The Morgan fingerprint density at radius 3 is 2.53 bits per heavy atom. The molecular formula is C24H22ClN3O6. The minimum absolute atomic E-state index is 0.0591. The van der Waals surface area contributed by atoms with E-state index in [1.165, 1.54) is 18.2 Å². The van der Waals surface area contributed by atoms with Gasteiger partial charge in [0.05, 0.1) is 24.8 Å². The van der Waals surface area contributed by atoms with Crippen LogP contribution in [0.3, 0.4) is 0 Å². The van der Waals surface area contributed by atoms with Gasteiger partial charge in [-0.2, -0.15) is 4.99 Å². The number of para-hydroxylation sites is 2. The molecule has 0 unspecified atom stereocenters. The summed E-state index contributed by atoms with van der Waals surface area (Å²) in [6, 6.07) is 10.6. The van der Waals surface area contributed by atoms with Crippen molar-refractivity contribution in [3.63, 3.8) is 0 Å². The van der Waals surface area contributed by atoms with Gasteiger partial charge >= 0.3 is 0 Å². The molecule has 2 aliphatic rings. The number of nitrogens with one attached hydrogen (secondary N) is 1. The summed E-state index contributed by atoms with van der Waals surface area (Å²) >= 11 is 6.45. The van der Waals surface area contributed by atoms with Gasteiger partial charge < -0.3 is 23.8 Å². The second kappa shape index (κ2) is 9.88. The number of amidine groups is 2. The topological polar surface area (TPSA) is 103 Å². The predicted octanol–water partition coefficient (Wildman–Crippen LogP) is 4.27. The third-order valence-corrected chi connectivity index (χ3v) is 5.18. The molecule has 4 rings (SSSR count). The molecule has 1 amide bonds. The van der Waals surface area contributed by atoms with Crippen LogP contribution in [-0.4, -0.2) is 50.1 Å². The Kier molecular flexibility index (Phi) is 6.74. The number of ether oxygens (including phenoxy) is 4. The van der Waals surface area contributed by atoms with Crippen LogP contribution in [0, 0.1) is 5.41 Å². The molecule has 0 saturated carbocycles. The van der Waals surface area contributed by atoms with E-state index in [1.807, 2.05) is 12.1 Å². The second-order valence-electron chi connectivity index (χ2n) is 7.20. The lowest BCUT2D eigenvalue weighted by Gasteiger charge is -2.23. The van der Waals surface area contributed by atoms with Crippen LogP contribution in [0.2, 0.25) is 5.02 Å². The lowest BCUT2D eigenvalue weighted by molar-refractivity contribution is -0.114. The molecule has 2 heterocycles. The molecule has 2 aromatic rings. The number of rotatable bonds is 8. The Bertz CT molecular complexity index is 1240. The highest BCUT2D eigenvalue weighted by atomic mass is 35.5. The number of carbonyl (C=O) groups is 1. The van der Waals surface area contributed by atoms with Gasteiger partial charge in [0.25, 0.3) is 5.91 Å². The third kappa shape index (κ3) is 4.69. The van der Waals surface area contributed by atoms with Crippen LogP contribution in [0.1, 0.15) is 12.5 Å². The van der Waals surface area contributed by atoms with Crippen LogP contribution in [0.4, 0.5) is 0 Å². The monoisotopic (exact) mass is 483 g/mol. The molecule has 176 valence electrons.